The van der Waals surface area contributed by atoms with Gasteiger partial charge in [-0.15, -0.1) is 0 Å². The molecule has 0 aromatic heterocycles. The minimum atomic E-state index is -0.616. The molecule has 0 aliphatic heterocycles. The summed E-state index contributed by atoms with van der Waals surface area (Å²) in [5.74, 6) is 0. The summed E-state index contributed by atoms with van der Waals surface area (Å²) in [4.78, 5) is 0. The summed E-state index contributed by atoms with van der Waals surface area (Å²) in [6.07, 6.45) is -0.109. The second-order valence-corrected chi connectivity index (χ2v) is 1.62. The summed E-state index contributed by atoms with van der Waals surface area (Å²) in [5, 5.41) is 16.9. The second-order valence-electron chi connectivity index (χ2n) is 1.62. The third kappa shape index (κ3) is 4.05. The summed E-state index contributed by atoms with van der Waals surface area (Å²) in [5.41, 5.74) is 0. The SMILES string of the molecule is COCCC(O)CO. The molecular formula is C5H12O3. The van der Waals surface area contributed by atoms with Gasteiger partial charge in [-0.05, 0) is 6.42 Å². The Morgan fingerprint density at radius 3 is 2.62 bits per heavy atom. The highest BCUT2D eigenvalue weighted by Crippen LogP contribution is 1.87. The van der Waals surface area contributed by atoms with E-state index in [2.05, 4.69) is 4.74 Å². The lowest BCUT2D eigenvalue weighted by Crippen LogP contribution is -2.13. The highest BCUT2D eigenvalue weighted by Gasteiger charge is 1.98. The molecule has 0 radical (unpaired) electrons. The number of ether oxygens (including phenoxy) is 1. The van der Waals surface area contributed by atoms with E-state index in [0.717, 1.165) is 0 Å². The van der Waals surface area contributed by atoms with Crippen molar-refractivity contribution in [2.24, 2.45) is 0 Å². The van der Waals surface area contributed by atoms with Gasteiger partial charge >= 0.3 is 0 Å². The Labute approximate surface area is 48.9 Å². The van der Waals surface area contributed by atoms with Gasteiger partial charge in [-0.25, -0.2) is 0 Å². The van der Waals surface area contributed by atoms with E-state index < -0.39 is 6.10 Å². The third-order valence-corrected chi connectivity index (χ3v) is 0.866. The normalized spacial score (nSPS) is 13.9. The van der Waals surface area contributed by atoms with Crippen LogP contribution in [0.4, 0.5) is 0 Å². The first-order valence-corrected chi connectivity index (χ1v) is 2.59. The van der Waals surface area contributed by atoms with E-state index in [1.165, 1.54) is 0 Å². The van der Waals surface area contributed by atoms with Gasteiger partial charge in [0.2, 0.25) is 0 Å². The lowest BCUT2D eigenvalue weighted by Gasteiger charge is -2.03. The highest BCUT2D eigenvalue weighted by molar-refractivity contribution is 4.49. The Hall–Kier alpha value is -0.120. The molecule has 0 aliphatic carbocycles. The quantitative estimate of drug-likeness (QED) is 0.519. The topological polar surface area (TPSA) is 49.7 Å². The van der Waals surface area contributed by atoms with Crippen molar-refractivity contribution in [1.82, 2.24) is 0 Å². The Bertz CT molecular complexity index is 46.9. The molecule has 1 atom stereocenters. The van der Waals surface area contributed by atoms with Crippen LogP contribution < -0.4 is 0 Å². The molecule has 8 heavy (non-hydrogen) atoms. The van der Waals surface area contributed by atoms with Gasteiger partial charge in [0.15, 0.2) is 0 Å². The maximum atomic E-state index is 8.66. The molecule has 0 spiro atoms. The van der Waals surface area contributed by atoms with Crippen LogP contribution in [0, 0.1) is 0 Å². The number of aliphatic hydroxyl groups is 2. The first-order valence-electron chi connectivity index (χ1n) is 2.59. The molecule has 0 saturated heterocycles. The zero-order chi connectivity index (χ0) is 6.41. The third-order valence-electron chi connectivity index (χ3n) is 0.866. The molecule has 0 amide bonds. The van der Waals surface area contributed by atoms with E-state index in [-0.39, 0.29) is 6.61 Å². The fourth-order valence-corrected chi connectivity index (χ4v) is 0.345. The van der Waals surface area contributed by atoms with Crippen molar-refractivity contribution in [3.05, 3.63) is 0 Å². The average molecular weight is 120 g/mol. The Kier molecular flexibility index (Phi) is 4.95. The zero-order valence-electron chi connectivity index (χ0n) is 5.00. The van der Waals surface area contributed by atoms with Crippen LogP contribution >= 0.6 is 0 Å². The summed E-state index contributed by atoms with van der Waals surface area (Å²) in [6.45, 7) is 0.324. The molecule has 0 saturated carbocycles. The number of methoxy groups -OCH3 is 1. The van der Waals surface area contributed by atoms with Crippen LogP contribution in [-0.2, 0) is 4.74 Å². The lowest BCUT2D eigenvalue weighted by molar-refractivity contribution is 0.0620. The summed E-state index contributed by atoms with van der Waals surface area (Å²) >= 11 is 0. The fraction of sp³-hybridized carbons (Fsp3) is 1.00. The molecule has 0 fully saturated rings. The number of hydrogen-bond acceptors (Lipinski definition) is 3. The van der Waals surface area contributed by atoms with Gasteiger partial charge < -0.3 is 14.9 Å². The standard InChI is InChI=1S/C5H12O3/c1-8-3-2-5(7)4-6/h5-7H,2-4H2,1H3. The van der Waals surface area contributed by atoms with Crippen LogP contribution in [-0.4, -0.2) is 36.6 Å². The van der Waals surface area contributed by atoms with E-state index in [9.17, 15) is 0 Å². The van der Waals surface area contributed by atoms with Crippen LogP contribution in [0.25, 0.3) is 0 Å². The van der Waals surface area contributed by atoms with Crippen LogP contribution in [0.1, 0.15) is 6.42 Å². The second kappa shape index (κ2) is 5.03. The van der Waals surface area contributed by atoms with Gasteiger partial charge in [0, 0.05) is 13.7 Å². The molecular weight excluding hydrogens is 108 g/mol. The molecule has 50 valence electrons. The average Bonchev–Trinajstić information content (AvgIpc) is 1.83. The largest absolute Gasteiger partial charge is 0.394 e. The predicted molar refractivity (Wildman–Crippen MR) is 29.6 cm³/mol. The number of hydrogen-bond donors (Lipinski definition) is 2. The molecule has 0 heterocycles. The molecule has 0 aromatic rings. The van der Waals surface area contributed by atoms with Crippen molar-refractivity contribution in [1.29, 1.82) is 0 Å². The van der Waals surface area contributed by atoms with Gasteiger partial charge in [0.1, 0.15) is 0 Å². The van der Waals surface area contributed by atoms with Crippen LogP contribution in [0.3, 0.4) is 0 Å². The number of rotatable bonds is 4. The molecule has 0 rings (SSSR count). The van der Waals surface area contributed by atoms with Crippen molar-refractivity contribution >= 4 is 0 Å². The maximum absolute atomic E-state index is 8.66. The van der Waals surface area contributed by atoms with Crippen LogP contribution in [0.2, 0.25) is 0 Å². The Balaban J connectivity index is 2.86. The van der Waals surface area contributed by atoms with Crippen molar-refractivity contribution in [2.75, 3.05) is 20.3 Å². The molecule has 2 N–H and O–H groups in total. The summed E-state index contributed by atoms with van der Waals surface area (Å²) < 4.78 is 4.64. The highest BCUT2D eigenvalue weighted by atomic mass is 16.5. The molecule has 3 heteroatoms. The van der Waals surface area contributed by atoms with Crippen molar-refractivity contribution < 1.29 is 14.9 Å². The smallest absolute Gasteiger partial charge is 0.0792 e. The Morgan fingerprint density at radius 2 is 2.25 bits per heavy atom. The van der Waals surface area contributed by atoms with Crippen molar-refractivity contribution in [3.63, 3.8) is 0 Å². The minimum Gasteiger partial charge on any atom is -0.394 e. The van der Waals surface area contributed by atoms with E-state index >= 15 is 0 Å². The zero-order valence-corrected chi connectivity index (χ0v) is 5.00. The van der Waals surface area contributed by atoms with Crippen LogP contribution in [0.15, 0.2) is 0 Å². The molecule has 1 unspecified atom stereocenters. The van der Waals surface area contributed by atoms with E-state index in [0.29, 0.717) is 13.0 Å². The van der Waals surface area contributed by atoms with Gasteiger partial charge in [-0.2, -0.15) is 0 Å². The predicted octanol–water partition coefficient (Wildman–Crippen LogP) is -0.624. The minimum absolute atomic E-state index is 0.177. The molecule has 3 nitrogen and oxygen atoms in total. The number of aliphatic hydroxyl groups excluding tert-OH is 2. The van der Waals surface area contributed by atoms with Gasteiger partial charge in [0.25, 0.3) is 0 Å². The fourth-order valence-electron chi connectivity index (χ4n) is 0.345. The first kappa shape index (κ1) is 7.88. The van der Waals surface area contributed by atoms with Crippen LogP contribution in [0.5, 0.6) is 0 Å². The lowest BCUT2D eigenvalue weighted by atomic mass is 10.3. The van der Waals surface area contributed by atoms with Gasteiger partial charge in [-0.1, -0.05) is 0 Å². The Morgan fingerprint density at radius 1 is 1.62 bits per heavy atom. The maximum Gasteiger partial charge on any atom is 0.0792 e. The first-order chi connectivity index (χ1) is 3.81. The monoisotopic (exact) mass is 120 g/mol. The van der Waals surface area contributed by atoms with E-state index in [4.69, 9.17) is 10.2 Å². The van der Waals surface area contributed by atoms with E-state index in [1.54, 1.807) is 7.11 Å². The van der Waals surface area contributed by atoms with Gasteiger partial charge in [0.05, 0.1) is 12.7 Å². The summed E-state index contributed by atoms with van der Waals surface area (Å²) in [7, 11) is 1.56. The van der Waals surface area contributed by atoms with Crippen molar-refractivity contribution in [3.8, 4) is 0 Å². The summed E-state index contributed by atoms with van der Waals surface area (Å²) in [6, 6.07) is 0. The molecule has 0 aromatic carbocycles. The molecule has 0 aliphatic rings. The van der Waals surface area contributed by atoms with Gasteiger partial charge in [-0.3, -0.25) is 0 Å². The van der Waals surface area contributed by atoms with Crippen molar-refractivity contribution in [2.45, 2.75) is 12.5 Å². The van der Waals surface area contributed by atoms with E-state index in [1.807, 2.05) is 0 Å². The molecule has 0 bridgehead atoms.